The van der Waals surface area contributed by atoms with E-state index in [9.17, 15) is 18.0 Å². The first-order chi connectivity index (χ1) is 8.21. The van der Waals surface area contributed by atoms with E-state index in [0.717, 1.165) is 0 Å². The van der Waals surface area contributed by atoms with Crippen LogP contribution in [-0.2, 0) is 4.79 Å². The summed E-state index contributed by atoms with van der Waals surface area (Å²) in [7, 11) is 3.63. The maximum Gasteiger partial charge on any atom is 0.404 e. The van der Waals surface area contributed by atoms with Crippen LogP contribution in [0.5, 0.6) is 0 Å². The van der Waals surface area contributed by atoms with Crippen molar-refractivity contribution in [1.29, 1.82) is 0 Å². The monoisotopic (exact) mass is 267 g/mol. The second kappa shape index (κ2) is 5.44. The smallest absolute Gasteiger partial charge is 0.354 e. The van der Waals surface area contributed by atoms with Gasteiger partial charge in [0.1, 0.15) is 0 Å². The molecule has 1 heterocycles. The molecule has 0 aromatic heterocycles. The molecule has 7 heteroatoms. The molecule has 1 saturated heterocycles. The van der Waals surface area contributed by atoms with E-state index in [1.54, 1.807) is 0 Å². The molecule has 0 aromatic carbocycles. The number of carbonyl (C=O) groups excluding carboxylic acids is 1. The number of amides is 1. The molecule has 1 aliphatic rings. The highest BCUT2D eigenvalue weighted by molar-refractivity contribution is 5.84. The molecule has 1 fully saturated rings. The molecule has 0 saturated carbocycles. The molecule has 0 aromatic rings. The van der Waals surface area contributed by atoms with Gasteiger partial charge in [0.25, 0.3) is 0 Å². The van der Waals surface area contributed by atoms with Crippen LogP contribution in [0.15, 0.2) is 0 Å². The minimum atomic E-state index is -4.51. The lowest BCUT2D eigenvalue weighted by atomic mass is 9.85. The minimum absolute atomic E-state index is 0.00593. The van der Waals surface area contributed by atoms with Crippen LogP contribution in [0.2, 0.25) is 0 Å². The lowest BCUT2D eigenvalue weighted by Crippen LogP contribution is -2.53. The highest BCUT2D eigenvalue weighted by atomic mass is 19.4. The van der Waals surface area contributed by atoms with Gasteiger partial charge in [-0.2, -0.15) is 13.2 Å². The molecule has 1 aliphatic heterocycles. The molecule has 2 atom stereocenters. The number of likely N-dealkylation sites (N-methyl/N-ethyl adjacent to an activating group) is 1. The lowest BCUT2D eigenvalue weighted by Gasteiger charge is -2.30. The van der Waals surface area contributed by atoms with Gasteiger partial charge in [-0.1, -0.05) is 0 Å². The Hall–Kier alpha value is -0.820. The Morgan fingerprint density at radius 2 is 2.11 bits per heavy atom. The predicted octanol–water partition coefficient (Wildman–Crippen LogP) is 0.595. The maximum absolute atomic E-state index is 13.0. The van der Waals surface area contributed by atoms with Crippen molar-refractivity contribution in [2.45, 2.75) is 25.6 Å². The standard InChI is InChI=1S/C11H20F3N3O/c1-8(17(2)3)6-16-9(18)10(11(12,13)14)4-5-15-7-10/h8,15H,4-7H2,1-3H3,(H,16,18). The first-order valence-corrected chi connectivity index (χ1v) is 5.93. The van der Waals surface area contributed by atoms with Gasteiger partial charge in [0.15, 0.2) is 5.41 Å². The Balaban J connectivity index is 2.68. The van der Waals surface area contributed by atoms with Crippen molar-refractivity contribution >= 4 is 5.91 Å². The van der Waals surface area contributed by atoms with Crippen LogP contribution in [-0.4, -0.2) is 56.8 Å². The number of carbonyl (C=O) groups is 1. The molecule has 2 N–H and O–H groups in total. The second-order valence-electron chi connectivity index (χ2n) is 5.03. The average Bonchev–Trinajstić information content (AvgIpc) is 2.74. The van der Waals surface area contributed by atoms with E-state index in [0.29, 0.717) is 0 Å². The van der Waals surface area contributed by atoms with Gasteiger partial charge >= 0.3 is 6.18 Å². The summed E-state index contributed by atoms with van der Waals surface area (Å²) in [6.45, 7) is 1.94. The van der Waals surface area contributed by atoms with Crippen LogP contribution in [0.1, 0.15) is 13.3 Å². The summed E-state index contributed by atoms with van der Waals surface area (Å²) in [5.74, 6) is -0.922. The van der Waals surface area contributed by atoms with E-state index < -0.39 is 17.5 Å². The van der Waals surface area contributed by atoms with Crippen LogP contribution in [0.25, 0.3) is 0 Å². The van der Waals surface area contributed by atoms with Gasteiger partial charge in [0, 0.05) is 19.1 Å². The van der Waals surface area contributed by atoms with E-state index >= 15 is 0 Å². The minimum Gasteiger partial charge on any atom is -0.354 e. The zero-order valence-corrected chi connectivity index (χ0v) is 10.9. The van der Waals surface area contributed by atoms with E-state index in [-0.39, 0.29) is 32.1 Å². The van der Waals surface area contributed by atoms with Crippen molar-refractivity contribution in [3.05, 3.63) is 0 Å². The van der Waals surface area contributed by atoms with Gasteiger partial charge in [-0.05, 0) is 34.0 Å². The van der Waals surface area contributed by atoms with Crippen LogP contribution in [0, 0.1) is 5.41 Å². The first kappa shape index (κ1) is 15.2. The number of alkyl halides is 3. The molecule has 1 rings (SSSR count). The average molecular weight is 267 g/mol. The summed E-state index contributed by atoms with van der Waals surface area (Å²) >= 11 is 0. The Kier molecular flexibility index (Phi) is 4.61. The predicted molar refractivity (Wildman–Crippen MR) is 62.1 cm³/mol. The summed E-state index contributed by atoms with van der Waals surface area (Å²) in [5.41, 5.74) is -2.26. The van der Waals surface area contributed by atoms with Crippen molar-refractivity contribution in [1.82, 2.24) is 15.5 Å². The van der Waals surface area contributed by atoms with Crippen molar-refractivity contribution in [3.8, 4) is 0 Å². The first-order valence-electron chi connectivity index (χ1n) is 5.93. The fourth-order valence-corrected chi connectivity index (χ4v) is 1.85. The molecule has 2 unspecified atom stereocenters. The second-order valence-corrected chi connectivity index (χ2v) is 5.03. The maximum atomic E-state index is 13.0. The third-order valence-corrected chi connectivity index (χ3v) is 3.57. The number of nitrogens with one attached hydrogen (secondary N) is 2. The van der Waals surface area contributed by atoms with Crippen LogP contribution in [0.4, 0.5) is 13.2 Å². The highest BCUT2D eigenvalue weighted by Crippen LogP contribution is 2.43. The molecule has 0 aliphatic carbocycles. The normalized spacial score (nSPS) is 26.4. The molecule has 18 heavy (non-hydrogen) atoms. The Morgan fingerprint density at radius 1 is 1.50 bits per heavy atom. The van der Waals surface area contributed by atoms with Gasteiger partial charge < -0.3 is 15.5 Å². The van der Waals surface area contributed by atoms with Crippen LogP contribution < -0.4 is 10.6 Å². The Labute approximate surface area is 105 Å². The highest BCUT2D eigenvalue weighted by Gasteiger charge is 2.61. The summed E-state index contributed by atoms with van der Waals surface area (Å²) in [6.07, 6.45) is -4.71. The SMILES string of the molecule is CC(CNC(=O)C1(C(F)(F)F)CCNC1)N(C)C. The summed E-state index contributed by atoms with van der Waals surface area (Å²) in [4.78, 5) is 13.7. The van der Waals surface area contributed by atoms with Gasteiger partial charge in [-0.15, -0.1) is 0 Å². The third kappa shape index (κ3) is 2.95. The summed E-state index contributed by atoms with van der Waals surface area (Å²) in [5, 5.41) is 5.03. The molecular formula is C11H20F3N3O. The molecule has 106 valence electrons. The van der Waals surface area contributed by atoms with Gasteiger partial charge in [-0.25, -0.2) is 0 Å². The van der Waals surface area contributed by atoms with Crippen molar-refractivity contribution < 1.29 is 18.0 Å². The Morgan fingerprint density at radius 3 is 2.50 bits per heavy atom. The number of halogens is 3. The molecule has 0 bridgehead atoms. The molecule has 1 amide bonds. The van der Waals surface area contributed by atoms with E-state index in [2.05, 4.69) is 10.6 Å². The van der Waals surface area contributed by atoms with Crippen LogP contribution >= 0.6 is 0 Å². The van der Waals surface area contributed by atoms with E-state index in [1.165, 1.54) is 0 Å². The van der Waals surface area contributed by atoms with Crippen LogP contribution in [0.3, 0.4) is 0 Å². The lowest BCUT2D eigenvalue weighted by molar-refractivity contribution is -0.216. The van der Waals surface area contributed by atoms with Gasteiger partial charge in [0.2, 0.25) is 5.91 Å². The summed E-state index contributed by atoms with van der Waals surface area (Å²) in [6, 6.07) is -0.00593. The number of hydrogen-bond donors (Lipinski definition) is 2. The fraction of sp³-hybridized carbons (Fsp3) is 0.909. The molecule has 0 spiro atoms. The molecule has 0 radical (unpaired) electrons. The summed E-state index contributed by atoms with van der Waals surface area (Å²) < 4.78 is 39.1. The molecule has 4 nitrogen and oxygen atoms in total. The Bertz CT molecular complexity index is 298. The van der Waals surface area contributed by atoms with Gasteiger partial charge in [0.05, 0.1) is 0 Å². The fourth-order valence-electron chi connectivity index (χ4n) is 1.85. The quantitative estimate of drug-likeness (QED) is 0.784. The zero-order valence-electron chi connectivity index (χ0n) is 10.9. The zero-order chi connectivity index (χ0) is 14.0. The van der Waals surface area contributed by atoms with Crippen molar-refractivity contribution in [2.24, 2.45) is 5.41 Å². The van der Waals surface area contributed by atoms with Crippen molar-refractivity contribution in [3.63, 3.8) is 0 Å². The van der Waals surface area contributed by atoms with E-state index in [1.807, 2.05) is 25.9 Å². The largest absolute Gasteiger partial charge is 0.404 e. The van der Waals surface area contributed by atoms with Gasteiger partial charge in [-0.3, -0.25) is 4.79 Å². The topological polar surface area (TPSA) is 44.4 Å². The molecular weight excluding hydrogens is 247 g/mol. The van der Waals surface area contributed by atoms with E-state index in [4.69, 9.17) is 0 Å². The number of hydrogen-bond acceptors (Lipinski definition) is 3. The number of nitrogens with zero attached hydrogens (tertiary/aromatic N) is 1. The number of rotatable bonds is 4. The third-order valence-electron chi connectivity index (χ3n) is 3.57. The van der Waals surface area contributed by atoms with Crippen molar-refractivity contribution in [2.75, 3.05) is 33.7 Å².